The van der Waals surface area contributed by atoms with Crippen LogP contribution in [0.1, 0.15) is 48.5 Å². The van der Waals surface area contributed by atoms with Gasteiger partial charge in [0.05, 0.1) is 0 Å². The highest BCUT2D eigenvalue weighted by molar-refractivity contribution is 6.17. The van der Waals surface area contributed by atoms with Crippen LogP contribution in [0.15, 0.2) is 24.3 Å². The fourth-order valence-corrected chi connectivity index (χ4v) is 2.83. The van der Waals surface area contributed by atoms with Crippen molar-refractivity contribution in [3.63, 3.8) is 0 Å². The van der Waals surface area contributed by atoms with E-state index >= 15 is 0 Å². The number of carbonyl (C=O) groups is 1. The van der Waals surface area contributed by atoms with Crippen molar-refractivity contribution < 1.29 is 4.79 Å². The third-order valence-corrected chi connectivity index (χ3v) is 4.12. The highest BCUT2D eigenvalue weighted by Crippen LogP contribution is 2.27. The van der Waals surface area contributed by atoms with Crippen molar-refractivity contribution in [3.8, 4) is 0 Å². The summed E-state index contributed by atoms with van der Waals surface area (Å²) in [4.78, 5) is 12.1. The molecule has 0 bridgehead atoms. The maximum absolute atomic E-state index is 12.1. The van der Waals surface area contributed by atoms with Gasteiger partial charge in [0.1, 0.15) is 0 Å². The van der Waals surface area contributed by atoms with Crippen LogP contribution in [0, 0.1) is 5.92 Å². The number of amides is 1. The normalized spacial score (nSPS) is 17.7. The Bertz CT molecular complexity index is 413. The van der Waals surface area contributed by atoms with Gasteiger partial charge in [0.2, 0.25) is 0 Å². The van der Waals surface area contributed by atoms with Gasteiger partial charge >= 0.3 is 0 Å². The van der Waals surface area contributed by atoms with Crippen molar-refractivity contribution in [3.05, 3.63) is 35.4 Å². The summed E-state index contributed by atoms with van der Waals surface area (Å²) in [5.74, 6) is 1.10. The summed E-state index contributed by atoms with van der Waals surface area (Å²) in [6, 6.07) is 7.78. The molecular formula is C15H20ClNO. The zero-order chi connectivity index (χ0) is 13.0. The van der Waals surface area contributed by atoms with Crippen LogP contribution in [0.25, 0.3) is 0 Å². The molecule has 1 fully saturated rings. The van der Waals surface area contributed by atoms with E-state index in [9.17, 15) is 4.79 Å². The molecule has 1 atom stereocenters. The van der Waals surface area contributed by atoms with Gasteiger partial charge in [-0.3, -0.25) is 4.79 Å². The largest absolute Gasteiger partial charge is 0.349 e. The van der Waals surface area contributed by atoms with Gasteiger partial charge in [0.25, 0.3) is 5.91 Å². The first-order valence-corrected chi connectivity index (χ1v) is 7.20. The summed E-state index contributed by atoms with van der Waals surface area (Å²) in [6.07, 6.45) is 5.07. The molecule has 3 heteroatoms. The van der Waals surface area contributed by atoms with Crippen LogP contribution in [0.3, 0.4) is 0 Å². The Kier molecular flexibility index (Phi) is 4.65. The van der Waals surface area contributed by atoms with Crippen LogP contribution >= 0.6 is 11.6 Å². The molecule has 1 saturated carbocycles. The maximum atomic E-state index is 12.1. The topological polar surface area (TPSA) is 29.1 Å². The lowest BCUT2D eigenvalue weighted by molar-refractivity contribution is 0.0927. The van der Waals surface area contributed by atoms with Gasteiger partial charge in [-0.05, 0) is 43.4 Å². The monoisotopic (exact) mass is 265 g/mol. The van der Waals surface area contributed by atoms with Gasteiger partial charge < -0.3 is 5.32 Å². The van der Waals surface area contributed by atoms with Crippen molar-refractivity contribution in [1.29, 1.82) is 0 Å². The first kappa shape index (κ1) is 13.4. The van der Waals surface area contributed by atoms with Crippen molar-refractivity contribution in [1.82, 2.24) is 5.32 Å². The number of hydrogen-bond acceptors (Lipinski definition) is 1. The molecular weight excluding hydrogens is 246 g/mol. The van der Waals surface area contributed by atoms with Gasteiger partial charge in [0.15, 0.2) is 0 Å². The summed E-state index contributed by atoms with van der Waals surface area (Å²) in [7, 11) is 0. The number of carbonyl (C=O) groups excluding carboxylic acids is 1. The number of benzene rings is 1. The molecule has 0 radical (unpaired) electrons. The van der Waals surface area contributed by atoms with Crippen molar-refractivity contribution >= 4 is 17.5 Å². The summed E-state index contributed by atoms with van der Waals surface area (Å²) in [5.41, 5.74) is 1.69. The van der Waals surface area contributed by atoms with Crippen LogP contribution < -0.4 is 5.32 Å². The van der Waals surface area contributed by atoms with Crippen LogP contribution in [0.4, 0.5) is 0 Å². The third kappa shape index (κ3) is 3.26. The number of halogens is 1. The molecule has 0 aromatic heterocycles. The lowest BCUT2D eigenvalue weighted by atomic mass is 9.99. The highest BCUT2D eigenvalue weighted by atomic mass is 35.5. The Hall–Kier alpha value is -1.02. The number of nitrogens with one attached hydrogen (secondary N) is 1. The van der Waals surface area contributed by atoms with E-state index in [1.807, 2.05) is 24.3 Å². The molecule has 18 heavy (non-hydrogen) atoms. The van der Waals surface area contributed by atoms with Crippen LogP contribution in [-0.2, 0) is 5.88 Å². The van der Waals surface area contributed by atoms with Crippen LogP contribution in [0.5, 0.6) is 0 Å². The lowest BCUT2D eigenvalue weighted by Crippen LogP contribution is -2.37. The van der Waals surface area contributed by atoms with Crippen molar-refractivity contribution in [2.75, 3.05) is 0 Å². The number of alkyl halides is 1. The molecule has 0 spiro atoms. The van der Waals surface area contributed by atoms with E-state index in [2.05, 4.69) is 12.2 Å². The average Bonchev–Trinajstić information content (AvgIpc) is 2.92. The Morgan fingerprint density at radius 1 is 1.44 bits per heavy atom. The minimum absolute atomic E-state index is 0.0152. The minimum Gasteiger partial charge on any atom is -0.349 e. The fraction of sp³-hybridized carbons (Fsp3) is 0.533. The van der Waals surface area contributed by atoms with Gasteiger partial charge in [-0.2, -0.15) is 0 Å². The van der Waals surface area contributed by atoms with Crippen LogP contribution in [0.2, 0.25) is 0 Å². The molecule has 0 aliphatic heterocycles. The van der Waals surface area contributed by atoms with Gasteiger partial charge in [-0.15, -0.1) is 11.6 Å². The van der Waals surface area contributed by atoms with Gasteiger partial charge in [0, 0.05) is 17.5 Å². The minimum atomic E-state index is 0.0152. The Morgan fingerprint density at radius 2 is 2.17 bits per heavy atom. The zero-order valence-electron chi connectivity index (χ0n) is 10.8. The predicted octanol–water partition coefficient (Wildman–Crippen LogP) is 3.73. The van der Waals surface area contributed by atoms with E-state index in [4.69, 9.17) is 11.6 Å². The first-order valence-electron chi connectivity index (χ1n) is 6.66. The molecule has 98 valence electrons. The molecule has 0 saturated heterocycles. The summed E-state index contributed by atoms with van der Waals surface area (Å²) >= 11 is 5.78. The SMILES string of the molecule is C[C@H](NC(=O)c1cccc(CCl)c1)C1CCCC1. The van der Waals surface area contributed by atoms with E-state index in [1.165, 1.54) is 25.7 Å². The highest BCUT2D eigenvalue weighted by Gasteiger charge is 2.23. The van der Waals surface area contributed by atoms with Crippen molar-refractivity contribution in [2.24, 2.45) is 5.92 Å². The smallest absolute Gasteiger partial charge is 0.251 e. The summed E-state index contributed by atoms with van der Waals surface area (Å²) in [5, 5.41) is 3.11. The molecule has 0 heterocycles. The second kappa shape index (κ2) is 6.24. The van der Waals surface area contributed by atoms with Gasteiger partial charge in [-0.1, -0.05) is 25.0 Å². The quantitative estimate of drug-likeness (QED) is 0.826. The number of rotatable bonds is 4. The third-order valence-electron chi connectivity index (χ3n) is 3.81. The van der Waals surface area contributed by atoms with E-state index in [-0.39, 0.29) is 11.9 Å². The Balaban J connectivity index is 1.97. The Labute approximate surface area is 114 Å². The predicted molar refractivity (Wildman–Crippen MR) is 74.9 cm³/mol. The molecule has 2 rings (SSSR count). The van der Waals surface area contributed by atoms with E-state index in [0.29, 0.717) is 17.4 Å². The Morgan fingerprint density at radius 3 is 2.83 bits per heavy atom. The van der Waals surface area contributed by atoms with Crippen LogP contribution in [-0.4, -0.2) is 11.9 Å². The summed E-state index contributed by atoms with van der Waals surface area (Å²) in [6.45, 7) is 2.11. The lowest BCUT2D eigenvalue weighted by Gasteiger charge is -2.20. The number of hydrogen-bond donors (Lipinski definition) is 1. The maximum Gasteiger partial charge on any atom is 0.251 e. The fourth-order valence-electron chi connectivity index (χ4n) is 2.66. The second-order valence-corrected chi connectivity index (χ2v) is 5.41. The van der Waals surface area contributed by atoms with E-state index < -0.39 is 0 Å². The molecule has 1 aromatic rings. The molecule has 1 N–H and O–H groups in total. The zero-order valence-corrected chi connectivity index (χ0v) is 11.5. The van der Waals surface area contributed by atoms with E-state index in [0.717, 1.165) is 5.56 Å². The van der Waals surface area contributed by atoms with Crippen molar-refractivity contribution in [2.45, 2.75) is 44.5 Å². The second-order valence-electron chi connectivity index (χ2n) is 5.14. The molecule has 1 aromatic carbocycles. The molecule has 2 nitrogen and oxygen atoms in total. The average molecular weight is 266 g/mol. The standard InChI is InChI=1S/C15H20ClNO/c1-11(13-6-2-3-7-13)17-15(18)14-8-4-5-12(9-14)10-16/h4-5,8-9,11,13H,2-3,6-7,10H2,1H3,(H,17,18)/t11-/m0/s1. The van der Waals surface area contributed by atoms with Gasteiger partial charge in [-0.25, -0.2) is 0 Å². The first-order chi connectivity index (χ1) is 8.70. The molecule has 1 amide bonds. The van der Waals surface area contributed by atoms with E-state index in [1.54, 1.807) is 0 Å². The molecule has 1 aliphatic rings. The molecule has 1 aliphatic carbocycles. The summed E-state index contributed by atoms with van der Waals surface area (Å²) < 4.78 is 0. The molecule has 0 unspecified atom stereocenters.